The zero-order chi connectivity index (χ0) is 20.1. The summed E-state index contributed by atoms with van der Waals surface area (Å²) in [6.07, 6.45) is 1.50. The highest BCUT2D eigenvalue weighted by Crippen LogP contribution is 2.20. The molecule has 1 amide bonds. The molecule has 10 heteroatoms. The molecule has 0 unspecified atom stereocenters. The fourth-order valence-electron chi connectivity index (χ4n) is 2.37. The van der Waals surface area contributed by atoms with Crippen LogP contribution in [0.25, 0.3) is 0 Å². The van der Waals surface area contributed by atoms with E-state index in [-0.39, 0.29) is 28.4 Å². The van der Waals surface area contributed by atoms with Crippen molar-refractivity contribution < 1.29 is 22.6 Å². The molecular formula is C18H15N3O6S. The monoisotopic (exact) mass is 401 g/mol. The van der Waals surface area contributed by atoms with E-state index in [2.05, 4.69) is 10.0 Å². The van der Waals surface area contributed by atoms with Crippen LogP contribution in [-0.4, -0.2) is 19.2 Å². The van der Waals surface area contributed by atoms with Gasteiger partial charge in [-0.15, -0.1) is 0 Å². The van der Waals surface area contributed by atoms with Crippen molar-refractivity contribution in [2.75, 3.05) is 4.72 Å². The number of anilines is 1. The number of amides is 1. The highest BCUT2D eigenvalue weighted by Gasteiger charge is 2.17. The summed E-state index contributed by atoms with van der Waals surface area (Å²) in [5.41, 5.74) is 0.230. The lowest BCUT2D eigenvalue weighted by Gasteiger charge is -2.10. The number of hydrogen-bond donors (Lipinski definition) is 2. The summed E-state index contributed by atoms with van der Waals surface area (Å²) >= 11 is 0. The molecule has 0 atom stereocenters. The van der Waals surface area contributed by atoms with E-state index in [0.717, 1.165) is 24.3 Å². The highest BCUT2D eigenvalue weighted by atomic mass is 32.2. The topological polar surface area (TPSA) is 132 Å². The summed E-state index contributed by atoms with van der Waals surface area (Å²) in [6, 6.07) is 13.9. The highest BCUT2D eigenvalue weighted by molar-refractivity contribution is 7.92. The summed E-state index contributed by atoms with van der Waals surface area (Å²) in [4.78, 5) is 22.2. The Balaban J connectivity index is 1.72. The maximum Gasteiger partial charge on any atom is 0.269 e. The smallest absolute Gasteiger partial charge is 0.269 e. The lowest BCUT2D eigenvalue weighted by Crippen LogP contribution is -2.22. The number of hydrogen-bond acceptors (Lipinski definition) is 6. The number of nitro groups is 1. The number of carbonyl (C=O) groups excluding carboxylic acids is 1. The molecule has 0 aliphatic carbocycles. The summed E-state index contributed by atoms with van der Waals surface area (Å²) in [5.74, 6) is 0.191. The van der Waals surface area contributed by atoms with Gasteiger partial charge in [0.05, 0.1) is 22.6 Å². The van der Waals surface area contributed by atoms with E-state index in [1.165, 1.54) is 24.5 Å². The van der Waals surface area contributed by atoms with E-state index in [4.69, 9.17) is 4.42 Å². The molecule has 0 spiro atoms. The lowest BCUT2D eigenvalue weighted by molar-refractivity contribution is -0.384. The van der Waals surface area contributed by atoms with Crippen molar-refractivity contribution in [3.8, 4) is 0 Å². The second-order valence-corrected chi connectivity index (χ2v) is 7.38. The van der Waals surface area contributed by atoms with E-state index in [1.54, 1.807) is 18.2 Å². The van der Waals surface area contributed by atoms with Gasteiger partial charge in [0.25, 0.3) is 21.6 Å². The molecule has 28 heavy (non-hydrogen) atoms. The van der Waals surface area contributed by atoms with Gasteiger partial charge in [0, 0.05) is 23.4 Å². The van der Waals surface area contributed by atoms with Gasteiger partial charge in [0.15, 0.2) is 0 Å². The van der Waals surface area contributed by atoms with Crippen molar-refractivity contribution in [2.24, 2.45) is 0 Å². The minimum Gasteiger partial charge on any atom is -0.467 e. The molecule has 3 aromatic rings. The summed E-state index contributed by atoms with van der Waals surface area (Å²) in [7, 11) is -3.97. The second kappa shape index (κ2) is 7.92. The van der Waals surface area contributed by atoms with Crippen molar-refractivity contribution in [2.45, 2.75) is 11.4 Å². The zero-order valence-corrected chi connectivity index (χ0v) is 15.2. The van der Waals surface area contributed by atoms with Crippen LogP contribution in [0.4, 0.5) is 11.4 Å². The molecule has 1 aromatic heterocycles. The van der Waals surface area contributed by atoms with Gasteiger partial charge < -0.3 is 9.73 Å². The van der Waals surface area contributed by atoms with Crippen molar-refractivity contribution in [3.05, 3.63) is 88.4 Å². The van der Waals surface area contributed by atoms with E-state index < -0.39 is 20.9 Å². The summed E-state index contributed by atoms with van der Waals surface area (Å²) < 4.78 is 32.4. The van der Waals surface area contributed by atoms with E-state index in [1.807, 2.05) is 0 Å². The van der Waals surface area contributed by atoms with Gasteiger partial charge >= 0.3 is 0 Å². The normalized spacial score (nSPS) is 11.0. The number of benzene rings is 2. The Hall–Kier alpha value is -3.66. The number of rotatable bonds is 7. The van der Waals surface area contributed by atoms with Crippen LogP contribution in [0.5, 0.6) is 0 Å². The maximum atomic E-state index is 12.5. The number of nitrogens with one attached hydrogen (secondary N) is 2. The molecule has 0 saturated heterocycles. The average Bonchev–Trinajstić information content (AvgIpc) is 3.19. The maximum absolute atomic E-state index is 12.5. The van der Waals surface area contributed by atoms with Gasteiger partial charge in [-0.05, 0) is 42.5 Å². The molecule has 0 aliphatic heterocycles. The third kappa shape index (κ3) is 4.54. The van der Waals surface area contributed by atoms with E-state index >= 15 is 0 Å². The Morgan fingerprint density at radius 1 is 1.07 bits per heavy atom. The number of non-ortho nitro benzene ring substituents is 1. The molecular weight excluding hydrogens is 386 g/mol. The van der Waals surface area contributed by atoms with Gasteiger partial charge in [-0.3, -0.25) is 19.6 Å². The third-order valence-corrected chi connectivity index (χ3v) is 5.14. The van der Waals surface area contributed by atoms with Crippen molar-refractivity contribution in [1.29, 1.82) is 0 Å². The Kier molecular flexibility index (Phi) is 5.41. The predicted octanol–water partition coefficient (Wildman–Crippen LogP) is 2.92. The van der Waals surface area contributed by atoms with E-state index in [0.29, 0.717) is 5.76 Å². The first-order valence-electron chi connectivity index (χ1n) is 8.03. The first kappa shape index (κ1) is 19.1. The fourth-order valence-corrected chi connectivity index (χ4v) is 3.42. The van der Waals surface area contributed by atoms with Crippen molar-refractivity contribution >= 4 is 27.3 Å². The lowest BCUT2D eigenvalue weighted by atomic mass is 10.2. The zero-order valence-electron chi connectivity index (χ0n) is 14.4. The molecule has 0 saturated carbocycles. The molecule has 2 aromatic carbocycles. The van der Waals surface area contributed by atoms with Gasteiger partial charge in [-0.25, -0.2) is 8.42 Å². The molecule has 3 rings (SSSR count). The van der Waals surface area contributed by atoms with Crippen LogP contribution in [0.1, 0.15) is 16.1 Å². The molecule has 0 bridgehead atoms. The number of nitrogens with zero attached hydrogens (tertiary/aromatic N) is 1. The minimum atomic E-state index is -3.97. The largest absolute Gasteiger partial charge is 0.467 e. The van der Waals surface area contributed by atoms with Crippen LogP contribution < -0.4 is 10.0 Å². The Bertz CT molecular complexity index is 1090. The third-order valence-electron chi connectivity index (χ3n) is 3.74. The Labute approximate surface area is 160 Å². The fraction of sp³-hybridized carbons (Fsp3) is 0.0556. The minimum absolute atomic E-state index is 0.134. The van der Waals surface area contributed by atoms with Crippen LogP contribution in [0.3, 0.4) is 0 Å². The molecule has 0 radical (unpaired) electrons. The molecule has 0 aliphatic rings. The molecule has 144 valence electrons. The quantitative estimate of drug-likeness (QED) is 0.462. The van der Waals surface area contributed by atoms with Crippen LogP contribution in [0.15, 0.2) is 76.2 Å². The predicted molar refractivity (Wildman–Crippen MR) is 100 cm³/mol. The van der Waals surface area contributed by atoms with E-state index in [9.17, 15) is 23.3 Å². The summed E-state index contributed by atoms with van der Waals surface area (Å²) in [6.45, 7) is 0.199. The molecule has 0 fully saturated rings. The number of furan rings is 1. The Morgan fingerprint density at radius 2 is 1.82 bits per heavy atom. The first-order valence-corrected chi connectivity index (χ1v) is 9.51. The second-order valence-electron chi connectivity index (χ2n) is 5.70. The number of sulfonamides is 1. The summed E-state index contributed by atoms with van der Waals surface area (Å²) in [5, 5.41) is 13.3. The molecule has 2 N–H and O–H groups in total. The average molecular weight is 401 g/mol. The van der Waals surface area contributed by atoms with Crippen molar-refractivity contribution in [1.82, 2.24) is 5.32 Å². The van der Waals surface area contributed by atoms with Gasteiger partial charge in [-0.2, -0.15) is 0 Å². The van der Waals surface area contributed by atoms with Crippen LogP contribution in [-0.2, 0) is 16.6 Å². The van der Waals surface area contributed by atoms with Crippen LogP contribution >= 0.6 is 0 Å². The number of carbonyl (C=O) groups is 1. The van der Waals surface area contributed by atoms with Crippen LogP contribution in [0.2, 0.25) is 0 Å². The SMILES string of the molecule is O=C(NCc1ccco1)c1cccc(NS(=O)(=O)c2ccc([N+](=O)[O-])cc2)c1. The first-order chi connectivity index (χ1) is 13.3. The van der Waals surface area contributed by atoms with Crippen LogP contribution in [0, 0.1) is 10.1 Å². The van der Waals surface area contributed by atoms with Crippen molar-refractivity contribution in [3.63, 3.8) is 0 Å². The van der Waals surface area contributed by atoms with Gasteiger partial charge in [0.2, 0.25) is 0 Å². The molecule has 9 nitrogen and oxygen atoms in total. The molecule has 1 heterocycles. The standard InChI is InChI=1S/C18H15N3O6S/c22-18(19-12-16-5-2-10-27-16)13-3-1-4-14(11-13)20-28(25,26)17-8-6-15(7-9-17)21(23)24/h1-11,20H,12H2,(H,19,22). The van der Waals surface area contributed by atoms with Gasteiger partial charge in [0.1, 0.15) is 5.76 Å². The Morgan fingerprint density at radius 3 is 2.46 bits per heavy atom. The van der Waals surface area contributed by atoms with Gasteiger partial charge in [-0.1, -0.05) is 6.07 Å². The number of nitro benzene ring substituents is 1.